The SMILES string of the molecule is C/C=C1/NC(=O)[C@@H]2C[C@H](C)CN2C(=O)[C@H](C)C(=O)[C@@H](Cc2ccccc2)NC(=O)[C@H](COC)NC(=O)[C@H](NC(=O)/C(C)=C\CCC)[C@H](C)OC(=O)[C@@H]2CCCN2C(=O)[C@H](CCC(N)=O)NC(=O)[C@H]([C@@H](C)CC)NC1=O. The average molecular weight is 1050 g/mol. The van der Waals surface area contributed by atoms with Gasteiger partial charge in [0.05, 0.1) is 18.6 Å². The van der Waals surface area contributed by atoms with Gasteiger partial charge in [0.2, 0.25) is 47.3 Å². The smallest absolute Gasteiger partial charge is 0.329 e. The summed E-state index contributed by atoms with van der Waals surface area (Å²) >= 11 is 0. The molecule has 75 heavy (non-hydrogen) atoms. The van der Waals surface area contributed by atoms with Crippen LogP contribution in [0.3, 0.4) is 0 Å². The molecule has 0 bridgehead atoms. The number of rotatable bonds is 13. The summed E-state index contributed by atoms with van der Waals surface area (Å²) in [6, 6.07) is -1.01. The van der Waals surface area contributed by atoms with Crippen LogP contribution in [0.15, 0.2) is 53.8 Å². The third-order valence-electron chi connectivity index (χ3n) is 13.9. The number of nitrogens with one attached hydrogen (secondary N) is 6. The third kappa shape index (κ3) is 16.5. The van der Waals surface area contributed by atoms with Crippen molar-refractivity contribution in [2.45, 2.75) is 162 Å². The third-order valence-corrected chi connectivity index (χ3v) is 13.9. The highest BCUT2D eigenvalue weighted by Gasteiger charge is 2.45. The predicted molar refractivity (Wildman–Crippen MR) is 274 cm³/mol. The minimum absolute atomic E-state index is 0.0248. The van der Waals surface area contributed by atoms with Gasteiger partial charge in [0.25, 0.3) is 5.91 Å². The van der Waals surface area contributed by atoms with E-state index < -0.39 is 132 Å². The molecule has 0 aliphatic carbocycles. The van der Waals surface area contributed by atoms with Crippen molar-refractivity contribution in [2.24, 2.45) is 23.5 Å². The first-order valence-corrected chi connectivity index (χ1v) is 25.9. The van der Waals surface area contributed by atoms with Crippen LogP contribution >= 0.6 is 0 Å². The monoisotopic (exact) mass is 1050 g/mol. The fraction of sp³-hybridized carbons (Fsp3) is 0.604. The normalized spacial score (nSPS) is 28.5. The van der Waals surface area contributed by atoms with Crippen LogP contribution in [0.2, 0.25) is 0 Å². The Labute approximate surface area is 438 Å². The zero-order valence-electron chi connectivity index (χ0n) is 44.7. The van der Waals surface area contributed by atoms with Gasteiger partial charge in [0.1, 0.15) is 48.1 Å². The maximum atomic E-state index is 14.6. The second-order valence-electron chi connectivity index (χ2n) is 19.8. The van der Waals surface area contributed by atoms with E-state index in [0.29, 0.717) is 31.2 Å². The van der Waals surface area contributed by atoms with E-state index >= 15 is 0 Å². The summed E-state index contributed by atoms with van der Waals surface area (Å²) < 4.78 is 11.2. The predicted octanol–water partition coefficient (Wildman–Crippen LogP) is 0.756. The Hall–Kier alpha value is -6.97. The Kier molecular flexibility index (Phi) is 23.1. The number of allylic oxidation sites excluding steroid dienone is 2. The molecule has 22 heteroatoms. The summed E-state index contributed by atoms with van der Waals surface area (Å²) in [4.78, 5) is 157. The standard InChI is InChI=1S/C53H77N9O13/c1-10-13-18-31(6)45(65)60-43-33(8)75-53(73)39-21-17-24-61(39)52(72)36(22-23-41(54)63)56-49(69)42(30(5)11-2)59-46(66)35(12-3)55-48(68)40-25-29(4)27-62(40)51(71)32(7)44(64)37(26-34-19-15-14-16-20-34)57-47(67)38(28-74-9)58-50(43)70/h12,14-16,18-20,29-30,32-33,36-40,42-43H,10-11,13,17,21-28H2,1-9H3,(H2,54,63)(H,55,68)(H,56,69)(H,57,67)(H,58,70)(H,59,66)(H,60,65)/b31-18-,35-12+/t29-,30-,32+,33-,36-,37+,38-,39-,40-,42-,43+/m0/s1. The number of hydrogen-bond donors (Lipinski definition) is 7. The molecule has 22 nitrogen and oxygen atoms in total. The number of unbranched alkanes of at least 4 members (excludes halogenated alkanes) is 1. The van der Waals surface area contributed by atoms with E-state index in [1.165, 1.54) is 50.7 Å². The molecule has 11 atom stereocenters. The number of carbonyl (C=O) groups is 11. The second kappa shape index (κ2) is 28.6. The lowest BCUT2D eigenvalue weighted by molar-refractivity contribution is -0.160. The zero-order valence-corrected chi connectivity index (χ0v) is 44.7. The molecule has 9 amide bonds. The van der Waals surface area contributed by atoms with E-state index in [4.69, 9.17) is 15.2 Å². The van der Waals surface area contributed by atoms with Gasteiger partial charge in [-0.3, -0.25) is 47.9 Å². The topological polar surface area (TPSA) is 311 Å². The largest absolute Gasteiger partial charge is 0.458 e. The zero-order chi connectivity index (χ0) is 55.7. The van der Waals surface area contributed by atoms with E-state index in [0.717, 1.165) is 0 Å². The first-order valence-electron chi connectivity index (χ1n) is 25.9. The number of Topliss-reactive ketones (excluding diaryl/α,β-unsaturated/α-hetero) is 1. The summed E-state index contributed by atoms with van der Waals surface area (Å²) in [6.07, 6.45) is 2.99. The number of nitrogens with zero attached hydrogens (tertiary/aromatic N) is 2. The van der Waals surface area contributed by atoms with E-state index in [1.807, 2.05) is 13.8 Å². The van der Waals surface area contributed by atoms with Gasteiger partial charge < -0.3 is 56.9 Å². The fourth-order valence-corrected chi connectivity index (χ4v) is 9.28. The molecule has 3 aliphatic heterocycles. The number of cyclic esters (lactones) is 1. The van der Waals surface area contributed by atoms with Crippen molar-refractivity contribution in [2.75, 3.05) is 26.8 Å². The fourth-order valence-electron chi connectivity index (χ4n) is 9.28. The molecule has 3 saturated heterocycles. The lowest BCUT2D eigenvalue weighted by Crippen LogP contribution is -2.61. The number of benzene rings is 1. The van der Waals surface area contributed by atoms with Crippen LogP contribution in [0.4, 0.5) is 0 Å². The van der Waals surface area contributed by atoms with Crippen molar-refractivity contribution >= 4 is 64.9 Å². The molecule has 412 valence electrons. The second-order valence-corrected chi connectivity index (χ2v) is 19.8. The number of methoxy groups -OCH3 is 1. The Morgan fingerprint density at radius 2 is 1.53 bits per heavy atom. The number of nitrogens with two attached hydrogens (primary N) is 1. The quantitative estimate of drug-likeness (QED) is 0.0817. The summed E-state index contributed by atoms with van der Waals surface area (Å²) in [5.74, 6) is -11.1. The first kappa shape index (κ1) is 60.6. The van der Waals surface area contributed by atoms with Gasteiger partial charge in [0, 0.05) is 32.2 Å². The summed E-state index contributed by atoms with van der Waals surface area (Å²) in [6.45, 7) is 12.6. The van der Waals surface area contributed by atoms with Crippen molar-refractivity contribution in [3.8, 4) is 0 Å². The maximum Gasteiger partial charge on any atom is 0.329 e. The molecule has 0 saturated carbocycles. The van der Waals surface area contributed by atoms with Gasteiger partial charge >= 0.3 is 5.97 Å². The molecular formula is C53H77N9O13. The summed E-state index contributed by atoms with van der Waals surface area (Å²) in [7, 11) is 1.27. The molecule has 3 aliphatic rings. The van der Waals surface area contributed by atoms with E-state index in [9.17, 15) is 52.7 Å². The highest BCUT2D eigenvalue weighted by atomic mass is 16.5. The van der Waals surface area contributed by atoms with Crippen molar-refractivity contribution < 1.29 is 62.2 Å². The molecule has 0 aromatic heterocycles. The molecule has 0 spiro atoms. The Balaban J connectivity index is 1.85. The van der Waals surface area contributed by atoms with E-state index in [-0.39, 0.29) is 62.4 Å². The molecule has 3 fully saturated rings. The molecule has 3 heterocycles. The number of primary amides is 1. The molecule has 0 unspecified atom stereocenters. The minimum Gasteiger partial charge on any atom is -0.458 e. The van der Waals surface area contributed by atoms with Crippen LogP contribution in [0.5, 0.6) is 0 Å². The Bertz CT molecular complexity index is 2340. The van der Waals surface area contributed by atoms with Crippen LogP contribution in [0.1, 0.15) is 112 Å². The molecular weight excluding hydrogens is 971 g/mol. The molecule has 4 rings (SSSR count). The van der Waals surface area contributed by atoms with Crippen LogP contribution in [0.25, 0.3) is 0 Å². The number of esters is 1. The van der Waals surface area contributed by atoms with Crippen molar-refractivity contribution in [3.05, 3.63) is 59.3 Å². The van der Waals surface area contributed by atoms with Crippen molar-refractivity contribution in [3.63, 3.8) is 0 Å². The number of fused-ring (bicyclic) bond motifs is 2. The lowest BCUT2D eigenvalue weighted by atomic mass is 9.93. The lowest BCUT2D eigenvalue weighted by Gasteiger charge is -2.32. The van der Waals surface area contributed by atoms with E-state index in [2.05, 4.69) is 31.9 Å². The number of hydrogen-bond acceptors (Lipinski definition) is 13. The number of carbonyl (C=O) groups excluding carboxylic acids is 11. The summed E-state index contributed by atoms with van der Waals surface area (Å²) in [5.41, 5.74) is 6.10. The Morgan fingerprint density at radius 3 is 2.16 bits per heavy atom. The van der Waals surface area contributed by atoms with Crippen molar-refractivity contribution in [1.29, 1.82) is 0 Å². The van der Waals surface area contributed by atoms with Crippen LogP contribution in [-0.2, 0) is 68.6 Å². The van der Waals surface area contributed by atoms with Gasteiger partial charge in [-0.2, -0.15) is 0 Å². The van der Waals surface area contributed by atoms with Crippen LogP contribution < -0.4 is 37.6 Å². The average Bonchev–Trinajstić information content (AvgIpc) is 4.05. The van der Waals surface area contributed by atoms with Gasteiger partial charge in [-0.25, -0.2) is 4.79 Å². The summed E-state index contributed by atoms with van der Waals surface area (Å²) in [5, 5.41) is 15.8. The minimum atomic E-state index is -1.66. The molecule has 0 radical (unpaired) electrons. The maximum absolute atomic E-state index is 14.6. The molecule has 1 aromatic rings. The number of amides is 9. The molecule has 1 aromatic carbocycles. The highest BCUT2D eigenvalue weighted by molar-refractivity contribution is 6.07. The van der Waals surface area contributed by atoms with Gasteiger partial charge in [0.15, 0.2) is 5.78 Å². The van der Waals surface area contributed by atoms with Crippen LogP contribution in [-0.4, -0.2) is 150 Å². The van der Waals surface area contributed by atoms with E-state index in [1.54, 1.807) is 50.3 Å². The molecule has 8 N–H and O–H groups in total. The van der Waals surface area contributed by atoms with Gasteiger partial charge in [-0.15, -0.1) is 0 Å². The van der Waals surface area contributed by atoms with Gasteiger partial charge in [-0.05, 0) is 83.6 Å². The highest BCUT2D eigenvalue weighted by Crippen LogP contribution is 2.27. The number of ether oxygens (including phenoxy) is 2. The van der Waals surface area contributed by atoms with Gasteiger partial charge in [-0.1, -0.05) is 83.0 Å². The van der Waals surface area contributed by atoms with Crippen LogP contribution in [0, 0.1) is 17.8 Å². The Morgan fingerprint density at radius 1 is 0.867 bits per heavy atom. The number of ketones is 1. The van der Waals surface area contributed by atoms with Crippen molar-refractivity contribution in [1.82, 2.24) is 41.7 Å². The first-order chi connectivity index (χ1) is 35.6.